The average molecular weight is 355 g/mol. The summed E-state index contributed by atoms with van der Waals surface area (Å²) in [4.78, 5) is 14.7. The predicted molar refractivity (Wildman–Crippen MR) is 103 cm³/mol. The summed E-state index contributed by atoms with van der Waals surface area (Å²) in [7, 11) is 0. The lowest BCUT2D eigenvalue weighted by Gasteiger charge is -2.30. The number of nitrogens with zero attached hydrogens (tertiary/aromatic N) is 2. The Bertz CT molecular complexity index is 709. The summed E-state index contributed by atoms with van der Waals surface area (Å²) in [5.41, 5.74) is 4.05. The number of aryl methyl sites for hydroxylation is 2. The van der Waals surface area contributed by atoms with Crippen LogP contribution in [0.25, 0.3) is 0 Å². The van der Waals surface area contributed by atoms with Crippen LogP contribution in [0.15, 0.2) is 28.8 Å². The van der Waals surface area contributed by atoms with Crippen LogP contribution in [0.1, 0.15) is 48.8 Å². The molecule has 1 aliphatic rings. The molecule has 140 valence electrons. The van der Waals surface area contributed by atoms with Crippen molar-refractivity contribution >= 4 is 11.6 Å². The van der Waals surface area contributed by atoms with Crippen molar-refractivity contribution in [3.63, 3.8) is 0 Å². The molecule has 1 N–H and O–H groups in total. The first kappa shape index (κ1) is 18.6. The van der Waals surface area contributed by atoms with Crippen LogP contribution in [0.5, 0.6) is 0 Å². The van der Waals surface area contributed by atoms with E-state index in [0.717, 1.165) is 35.2 Å². The van der Waals surface area contributed by atoms with Gasteiger partial charge in [0.25, 0.3) is 0 Å². The van der Waals surface area contributed by atoms with E-state index in [1.54, 1.807) is 0 Å². The third-order valence-corrected chi connectivity index (χ3v) is 5.30. The Balaban J connectivity index is 1.47. The number of piperidine rings is 1. The summed E-state index contributed by atoms with van der Waals surface area (Å²) < 4.78 is 5.14. The van der Waals surface area contributed by atoms with Gasteiger partial charge in [0.15, 0.2) is 0 Å². The third-order valence-electron chi connectivity index (χ3n) is 5.30. The van der Waals surface area contributed by atoms with Crippen LogP contribution in [0.4, 0.5) is 5.69 Å². The lowest BCUT2D eigenvalue weighted by molar-refractivity contribution is -0.116. The Morgan fingerprint density at radius 3 is 2.54 bits per heavy atom. The number of nitrogens with one attached hydrogen (secondary N) is 1. The van der Waals surface area contributed by atoms with Gasteiger partial charge in [-0.15, -0.1) is 0 Å². The lowest BCUT2D eigenvalue weighted by Crippen LogP contribution is -2.32. The third kappa shape index (κ3) is 4.94. The molecule has 0 bridgehead atoms. The molecule has 5 nitrogen and oxygen atoms in total. The molecule has 1 fully saturated rings. The molecule has 5 heteroatoms. The summed E-state index contributed by atoms with van der Waals surface area (Å²) >= 11 is 0. The molecular formula is C21H29N3O2. The quantitative estimate of drug-likeness (QED) is 0.848. The van der Waals surface area contributed by atoms with Crippen LogP contribution < -0.4 is 5.32 Å². The molecule has 1 saturated heterocycles. The number of hydrogen-bond acceptors (Lipinski definition) is 4. The standard InChI is InChI=1S/C21H29N3O2/c1-15-10-12-24(13-11-15)14-18-4-6-19(7-5-18)22-21(25)9-8-20-16(2)23-26-17(20)3/h4-7,15H,8-14H2,1-3H3,(H,22,25). The number of carbonyl (C=O) groups is 1. The van der Waals surface area contributed by atoms with E-state index < -0.39 is 0 Å². The zero-order valence-electron chi connectivity index (χ0n) is 16.0. The van der Waals surface area contributed by atoms with Gasteiger partial charge < -0.3 is 9.84 Å². The van der Waals surface area contributed by atoms with Gasteiger partial charge >= 0.3 is 0 Å². The largest absolute Gasteiger partial charge is 0.361 e. The van der Waals surface area contributed by atoms with Crippen molar-refractivity contribution < 1.29 is 9.32 Å². The highest BCUT2D eigenvalue weighted by atomic mass is 16.5. The first-order valence-corrected chi connectivity index (χ1v) is 9.54. The molecule has 0 atom stereocenters. The minimum absolute atomic E-state index is 0.0165. The fourth-order valence-corrected chi connectivity index (χ4v) is 3.49. The number of likely N-dealkylation sites (tertiary alicyclic amines) is 1. The van der Waals surface area contributed by atoms with Crippen molar-refractivity contribution in [3.05, 3.63) is 46.8 Å². The van der Waals surface area contributed by atoms with Gasteiger partial charge in [0.05, 0.1) is 5.69 Å². The average Bonchev–Trinajstić information content (AvgIpc) is 2.95. The molecule has 1 aromatic heterocycles. The molecule has 2 aromatic rings. The molecular weight excluding hydrogens is 326 g/mol. The van der Waals surface area contributed by atoms with Gasteiger partial charge in [-0.1, -0.05) is 24.2 Å². The van der Waals surface area contributed by atoms with Gasteiger partial charge in [0.2, 0.25) is 5.91 Å². The van der Waals surface area contributed by atoms with Crippen molar-refractivity contribution in [1.82, 2.24) is 10.1 Å². The maximum Gasteiger partial charge on any atom is 0.224 e. The van der Waals surface area contributed by atoms with Gasteiger partial charge in [-0.2, -0.15) is 0 Å². The topological polar surface area (TPSA) is 58.4 Å². The summed E-state index contributed by atoms with van der Waals surface area (Å²) in [5, 5.41) is 6.91. The van der Waals surface area contributed by atoms with E-state index in [9.17, 15) is 4.79 Å². The first-order valence-electron chi connectivity index (χ1n) is 9.54. The molecule has 2 heterocycles. The number of carbonyl (C=O) groups excluding carboxylic acids is 1. The molecule has 0 saturated carbocycles. The van der Waals surface area contributed by atoms with E-state index in [1.807, 2.05) is 26.0 Å². The van der Waals surface area contributed by atoms with E-state index in [1.165, 1.54) is 31.5 Å². The van der Waals surface area contributed by atoms with Crippen LogP contribution in [0.2, 0.25) is 0 Å². The van der Waals surface area contributed by atoms with Gasteiger partial charge in [-0.25, -0.2) is 0 Å². The molecule has 0 radical (unpaired) electrons. The van der Waals surface area contributed by atoms with Crippen LogP contribution in [0, 0.1) is 19.8 Å². The number of benzene rings is 1. The van der Waals surface area contributed by atoms with E-state index in [0.29, 0.717) is 12.8 Å². The monoisotopic (exact) mass is 355 g/mol. The van der Waals surface area contributed by atoms with E-state index >= 15 is 0 Å². The van der Waals surface area contributed by atoms with Crippen molar-refractivity contribution in [3.8, 4) is 0 Å². The Labute approximate surface area is 155 Å². The van der Waals surface area contributed by atoms with Crippen LogP contribution in [-0.4, -0.2) is 29.1 Å². The summed E-state index contributed by atoms with van der Waals surface area (Å²) in [6, 6.07) is 8.22. The van der Waals surface area contributed by atoms with Crippen molar-refractivity contribution in [2.45, 2.75) is 53.0 Å². The Hall–Kier alpha value is -2.14. The summed E-state index contributed by atoms with van der Waals surface area (Å²) in [6.07, 6.45) is 3.66. The molecule has 1 aromatic carbocycles. The highest BCUT2D eigenvalue weighted by Crippen LogP contribution is 2.19. The molecule has 1 amide bonds. The summed E-state index contributed by atoms with van der Waals surface area (Å²) in [6.45, 7) is 9.48. The number of rotatable bonds is 6. The van der Waals surface area contributed by atoms with Gasteiger partial charge in [-0.05, 0) is 69.8 Å². The van der Waals surface area contributed by atoms with Crippen molar-refractivity contribution in [1.29, 1.82) is 0 Å². The highest BCUT2D eigenvalue weighted by Gasteiger charge is 2.15. The van der Waals surface area contributed by atoms with Crippen LogP contribution >= 0.6 is 0 Å². The first-order chi connectivity index (χ1) is 12.5. The van der Waals surface area contributed by atoms with E-state index in [-0.39, 0.29) is 5.91 Å². The maximum absolute atomic E-state index is 12.2. The normalized spacial score (nSPS) is 16.0. The molecule has 0 unspecified atom stereocenters. The molecule has 3 rings (SSSR count). The van der Waals surface area contributed by atoms with E-state index in [2.05, 4.69) is 34.4 Å². The fraction of sp³-hybridized carbons (Fsp3) is 0.524. The van der Waals surface area contributed by atoms with Gasteiger partial charge in [0.1, 0.15) is 5.76 Å². The highest BCUT2D eigenvalue weighted by molar-refractivity contribution is 5.90. The number of aromatic nitrogens is 1. The zero-order valence-corrected chi connectivity index (χ0v) is 16.0. The minimum Gasteiger partial charge on any atom is -0.361 e. The number of hydrogen-bond donors (Lipinski definition) is 1. The fourth-order valence-electron chi connectivity index (χ4n) is 3.49. The van der Waals surface area contributed by atoms with E-state index in [4.69, 9.17) is 4.52 Å². The van der Waals surface area contributed by atoms with Gasteiger partial charge in [0, 0.05) is 24.2 Å². The predicted octanol–water partition coefficient (Wildman–Crippen LogP) is 4.09. The SMILES string of the molecule is Cc1noc(C)c1CCC(=O)Nc1ccc(CN2CCC(C)CC2)cc1. The minimum atomic E-state index is 0.0165. The number of amides is 1. The van der Waals surface area contributed by atoms with Crippen molar-refractivity contribution in [2.75, 3.05) is 18.4 Å². The molecule has 0 spiro atoms. The Morgan fingerprint density at radius 2 is 1.92 bits per heavy atom. The second-order valence-electron chi connectivity index (χ2n) is 7.51. The Morgan fingerprint density at radius 1 is 1.23 bits per heavy atom. The second-order valence-corrected chi connectivity index (χ2v) is 7.51. The van der Waals surface area contributed by atoms with Crippen LogP contribution in [-0.2, 0) is 17.8 Å². The zero-order chi connectivity index (χ0) is 18.5. The summed E-state index contributed by atoms with van der Waals surface area (Å²) in [5.74, 6) is 1.67. The lowest BCUT2D eigenvalue weighted by atomic mass is 9.99. The smallest absolute Gasteiger partial charge is 0.224 e. The van der Waals surface area contributed by atoms with Crippen molar-refractivity contribution in [2.24, 2.45) is 5.92 Å². The molecule has 26 heavy (non-hydrogen) atoms. The maximum atomic E-state index is 12.2. The van der Waals surface area contributed by atoms with Crippen LogP contribution in [0.3, 0.4) is 0 Å². The molecule has 1 aliphatic heterocycles. The number of anilines is 1. The molecule has 0 aliphatic carbocycles. The Kier molecular flexibility index (Phi) is 6.09. The second kappa shape index (κ2) is 8.49. The van der Waals surface area contributed by atoms with Gasteiger partial charge in [-0.3, -0.25) is 9.69 Å².